The first-order chi connectivity index (χ1) is 16.4. The SMILES string of the molecule is O=C(C[N+]1(C(=O)c2c(F)cccc2F)CC2(CCNCC2)c2cc(Cl)ccc21)c1ccccc1. The molecule has 1 fully saturated rings. The minimum absolute atomic E-state index is 0.236. The first-order valence-corrected chi connectivity index (χ1v) is 11.7. The second-order valence-corrected chi connectivity index (χ2v) is 9.60. The predicted molar refractivity (Wildman–Crippen MR) is 128 cm³/mol. The third-order valence-electron chi connectivity index (χ3n) is 7.20. The van der Waals surface area contributed by atoms with Crippen LogP contribution in [-0.2, 0) is 5.41 Å². The number of amides is 1. The molecule has 174 valence electrons. The molecule has 0 aliphatic carbocycles. The van der Waals surface area contributed by atoms with Crippen LogP contribution < -0.4 is 9.80 Å². The van der Waals surface area contributed by atoms with Crippen molar-refractivity contribution in [3.05, 3.63) is 100 Å². The molecular formula is C27H24ClF2N2O2+. The summed E-state index contributed by atoms with van der Waals surface area (Å²) in [7, 11) is 0. The Kier molecular flexibility index (Phi) is 5.84. The average molecular weight is 482 g/mol. The highest BCUT2D eigenvalue weighted by atomic mass is 35.5. The third-order valence-corrected chi connectivity index (χ3v) is 7.43. The summed E-state index contributed by atoms with van der Waals surface area (Å²) in [5.74, 6) is -2.88. The number of ketones is 1. The van der Waals surface area contributed by atoms with Crippen molar-refractivity contribution in [3.8, 4) is 0 Å². The highest BCUT2D eigenvalue weighted by molar-refractivity contribution is 6.30. The zero-order valence-corrected chi connectivity index (χ0v) is 19.2. The van der Waals surface area contributed by atoms with Gasteiger partial charge in [-0.15, -0.1) is 0 Å². The Morgan fingerprint density at radius 2 is 1.62 bits per heavy atom. The van der Waals surface area contributed by atoms with Crippen molar-refractivity contribution >= 4 is 29.0 Å². The zero-order valence-electron chi connectivity index (χ0n) is 18.5. The van der Waals surface area contributed by atoms with Crippen molar-refractivity contribution in [1.82, 2.24) is 9.80 Å². The summed E-state index contributed by atoms with van der Waals surface area (Å²) in [6, 6.07) is 17.3. The Balaban J connectivity index is 1.72. The minimum atomic E-state index is -0.934. The lowest BCUT2D eigenvalue weighted by atomic mass is 9.75. The fourth-order valence-corrected chi connectivity index (χ4v) is 5.77. The lowest BCUT2D eigenvalue weighted by Gasteiger charge is -2.37. The minimum Gasteiger partial charge on any atom is -0.317 e. The van der Waals surface area contributed by atoms with Crippen molar-refractivity contribution in [2.24, 2.45) is 0 Å². The van der Waals surface area contributed by atoms with Crippen LogP contribution in [0.15, 0.2) is 66.7 Å². The number of quaternary nitrogens is 1. The van der Waals surface area contributed by atoms with Gasteiger partial charge >= 0.3 is 5.91 Å². The number of fused-ring (bicyclic) bond motifs is 2. The van der Waals surface area contributed by atoms with Crippen LogP contribution in [0.4, 0.5) is 14.5 Å². The molecule has 0 bridgehead atoms. The molecule has 5 rings (SSSR count). The first-order valence-electron chi connectivity index (χ1n) is 11.3. The molecule has 0 saturated carbocycles. The van der Waals surface area contributed by atoms with E-state index in [0.29, 0.717) is 16.3 Å². The van der Waals surface area contributed by atoms with E-state index in [4.69, 9.17) is 11.6 Å². The van der Waals surface area contributed by atoms with Crippen LogP contribution in [0.3, 0.4) is 0 Å². The number of nitrogens with one attached hydrogen (secondary N) is 1. The number of Topliss-reactive ketones (excluding diaryl/α,β-unsaturated/α-hetero) is 1. The number of carbonyl (C=O) groups is 2. The molecule has 0 aromatic heterocycles. The van der Waals surface area contributed by atoms with Crippen LogP contribution in [0, 0.1) is 11.6 Å². The van der Waals surface area contributed by atoms with E-state index in [1.54, 1.807) is 42.5 Å². The van der Waals surface area contributed by atoms with E-state index in [-0.39, 0.29) is 18.9 Å². The van der Waals surface area contributed by atoms with Crippen LogP contribution in [0.1, 0.15) is 39.1 Å². The number of hydrogen-bond acceptors (Lipinski definition) is 3. The van der Waals surface area contributed by atoms with Crippen molar-refractivity contribution in [3.63, 3.8) is 0 Å². The molecule has 4 nitrogen and oxygen atoms in total. The Morgan fingerprint density at radius 1 is 0.941 bits per heavy atom. The zero-order chi connectivity index (χ0) is 23.9. The normalized spacial score (nSPS) is 20.8. The second kappa shape index (κ2) is 8.69. The van der Waals surface area contributed by atoms with Gasteiger partial charge in [-0.25, -0.2) is 18.1 Å². The van der Waals surface area contributed by atoms with Gasteiger partial charge in [0.15, 0.2) is 12.1 Å². The first kappa shape index (κ1) is 22.8. The van der Waals surface area contributed by atoms with Gasteiger partial charge in [0.2, 0.25) is 5.78 Å². The quantitative estimate of drug-likeness (QED) is 0.407. The molecule has 1 unspecified atom stereocenters. The molecule has 2 aliphatic heterocycles. The van der Waals surface area contributed by atoms with Gasteiger partial charge in [-0.3, -0.25) is 4.79 Å². The van der Waals surface area contributed by atoms with Crippen LogP contribution >= 0.6 is 11.6 Å². The molecule has 1 spiro atoms. The fraction of sp³-hybridized carbons (Fsp3) is 0.259. The summed E-state index contributed by atoms with van der Waals surface area (Å²) < 4.78 is 29.3. The number of carbonyl (C=O) groups excluding carboxylic acids is 2. The van der Waals surface area contributed by atoms with E-state index >= 15 is 0 Å². The van der Waals surface area contributed by atoms with Crippen molar-refractivity contribution in [2.45, 2.75) is 18.3 Å². The van der Waals surface area contributed by atoms with Crippen molar-refractivity contribution in [1.29, 1.82) is 0 Å². The Bertz CT molecular complexity index is 1250. The number of halogens is 3. The molecule has 1 atom stereocenters. The fourth-order valence-electron chi connectivity index (χ4n) is 5.60. The lowest BCUT2D eigenvalue weighted by molar-refractivity contribution is 0.0688. The van der Waals surface area contributed by atoms with Gasteiger partial charge in [-0.2, -0.15) is 0 Å². The summed E-state index contributed by atoms with van der Waals surface area (Å²) in [5.41, 5.74) is 0.870. The predicted octanol–water partition coefficient (Wildman–Crippen LogP) is 5.28. The van der Waals surface area contributed by atoms with E-state index in [1.807, 2.05) is 6.07 Å². The summed E-state index contributed by atoms with van der Waals surface area (Å²) >= 11 is 6.37. The maximum atomic E-state index is 14.9. The molecule has 3 aromatic carbocycles. The standard InChI is InChI=1S/C27H24ClF2N2O2/c28-19-9-10-23-20(15-19)27(11-13-31-14-12-27)17-32(23,16-24(33)18-5-2-1-3-6-18)26(34)25-21(29)7-4-8-22(25)30/h1-10,15,31H,11-14,16-17H2/q+1. The van der Waals surface area contributed by atoms with Gasteiger partial charge in [0.25, 0.3) is 0 Å². The van der Waals surface area contributed by atoms with Gasteiger partial charge in [-0.05, 0) is 50.2 Å². The van der Waals surface area contributed by atoms with Gasteiger partial charge in [0.05, 0.1) is 5.41 Å². The van der Waals surface area contributed by atoms with E-state index in [1.165, 1.54) is 6.07 Å². The molecule has 1 saturated heterocycles. The molecule has 3 aromatic rings. The van der Waals surface area contributed by atoms with Gasteiger partial charge < -0.3 is 5.32 Å². The monoisotopic (exact) mass is 481 g/mol. The van der Waals surface area contributed by atoms with Gasteiger partial charge in [0.1, 0.15) is 23.9 Å². The Morgan fingerprint density at radius 3 is 2.29 bits per heavy atom. The molecule has 0 radical (unpaired) electrons. The van der Waals surface area contributed by atoms with Crippen molar-refractivity contribution < 1.29 is 18.4 Å². The number of hydrogen-bond donors (Lipinski definition) is 1. The molecule has 7 heteroatoms. The number of piperidine rings is 1. The molecule has 2 heterocycles. The number of nitrogens with zero attached hydrogens (tertiary/aromatic N) is 1. The Labute approximate surface area is 201 Å². The summed E-state index contributed by atoms with van der Waals surface area (Å²) in [6.45, 7) is 1.48. The topological polar surface area (TPSA) is 46.2 Å². The van der Waals surface area contributed by atoms with Crippen LogP contribution in [0.5, 0.6) is 0 Å². The molecule has 1 amide bonds. The highest BCUT2D eigenvalue weighted by Crippen LogP contribution is 2.51. The molecular weight excluding hydrogens is 458 g/mol. The summed E-state index contributed by atoms with van der Waals surface area (Å²) in [4.78, 5) is 27.6. The van der Waals surface area contributed by atoms with E-state index in [9.17, 15) is 18.4 Å². The Hall–Kier alpha value is -2.93. The smallest absolute Gasteiger partial charge is 0.317 e. The van der Waals surface area contributed by atoms with Crippen LogP contribution in [-0.4, -0.2) is 37.9 Å². The summed E-state index contributed by atoms with van der Waals surface area (Å²) in [5, 5.41) is 3.87. The van der Waals surface area contributed by atoms with E-state index in [2.05, 4.69) is 5.32 Å². The van der Waals surface area contributed by atoms with Crippen LogP contribution in [0.2, 0.25) is 5.02 Å². The van der Waals surface area contributed by atoms with Gasteiger partial charge in [-0.1, -0.05) is 48.0 Å². The van der Waals surface area contributed by atoms with Crippen molar-refractivity contribution in [2.75, 3.05) is 26.2 Å². The maximum Gasteiger partial charge on any atom is 0.357 e. The van der Waals surface area contributed by atoms with Gasteiger partial charge in [0, 0.05) is 22.2 Å². The maximum absolute atomic E-state index is 14.9. The molecule has 34 heavy (non-hydrogen) atoms. The average Bonchev–Trinajstić information content (AvgIpc) is 3.09. The van der Waals surface area contributed by atoms with E-state index < -0.39 is 33.0 Å². The largest absolute Gasteiger partial charge is 0.357 e. The summed E-state index contributed by atoms with van der Waals surface area (Å²) in [6.07, 6.45) is 1.46. The molecule has 1 N–H and O–H groups in total. The highest BCUT2D eigenvalue weighted by Gasteiger charge is 2.59. The molecule has 2 aliphatic rings. The second-order valence-electron chi connectivity index (χ2n) is 9.17. The van der Waals surface area contributed by atoms with E-state index in [0.717, 1.165) is 43.6 Å². The third kappa shape index (κ3) is 3.66. The number of rotatable bonds is 4. The number of benzene rings is 3. The van der Waals surface area contributed by atoms with Crippen LogP contribution in [0.25, 0.3) is 0 Å². The lowest BCUT2D eigenvalue weighted by Crippen LogP contribution is -2.59.